The van der Waals surface area contributed by atoms with E-state index in [9.17, 15) is 14.9 Å². The Labute approximate surface area is 118 Å². The van der Waals surface area contributed by atoms with Crippen LogP contribution in [0.2, 0.25) is 0 Å². The Balaban J connectivity index is 2.43. The van der Waals surface area contributed by atoms with Gasteiger partial charge in [-0.15, -0.1) is 0 Å². The number of hydrogen-bond acceptors (Lipinski definition) is 4. The molecule has 0 radical (unpaired) electrons. The number of aryl methyl sites for hydroxylation is 1. The fourth-order valence-electron chi connectivity index (χ4n) is 1.67. The van der Waals surface area contributed by atoms with Crippen molar-refractivity contribution in [3.05, 3.63) is 33.9 Å². The standard InChI is InChI=1S/C14H21N3O3/c1-10(2)14(18)16-8-4-7-15-12-6-5-11(3)9-13(12)17(19)20/h5-6,9-10,15H,4,7-8H2,1-3H3,(H,16,18). The highest BCUT2D eigenvalue weighted by atomic mass is 16.6. The Morgan fingerprint density at radius 1 is 1.35 bits per heavy atom. The van der Waals surface area contributed by atoms with Gasteiger partial charge < -0.3 is 10.6 Å². The molecule has 1 amide bonds. The van der Waals surface area contributed by atoms with E-state index >= 15 is 0 Å². The van der Waals surface area contributed by atoms with Gasteiger partial charge >= 0.3 is 0 Å². The first-order valence-electron chi connectivity index (χ1n) is 6.68. The summed E-state index contributed by atoms with van der Waals surface area (Å²) in [6, 6.07) is 5.08. The fourth-order valence-corrected chi connectivity index (χ4v) is 1.67. The highest BCUT2D eigenvalue weighted by molar-refractivity contribution is 5.77. The molecule has 0 heterocycles. The lowest BCUT2D eigenvalue weighted by Gasteiger charge is -2.09. The van der Waals surface area contributed by atoms with E-state index in [0.29, 0.717) is 25.2 Å². The highest BCUT2D eigenvalue weighted by Gasteiger charge is 2.13. The summed E-state index contributed by atoms with van der Waals surface area (Å²) in [5.74, 6) is -0.00698. The van der Waals surface area contributed by atoms with E-state index in [-0.39, 0.29) is 17.5 Å². The zero-order valence-corrected chi connectivity index (χ0v) is 12.1. The van der Waals surface area contributed by atoms with Gasteiger partial charge in [-0.1, -0.05) is 19.9 Å². The van der Waals surface area contributed by atoms with Gasteiger partial charge in [-0.2, -0.15) is 0 Å². The number of rotatable bonds is 7. The first kappa shape index (κ1) is 15.9. The number of nitro benzene ring substituents is 1. The van der Waals surface area contributed by atoms with Crippen LogP contribution >= 0.6 is 0 Å². The summed E-state index contributed by atoms with van der Waals surface area (Å²) in [6.07, 6.45) is 0.712. The number of benzene rings is 1. The quantitative estimate of drug-likeness (QED) is 0.456. The Hall–Kier alpha value is -2.11. The molecule has 0 aromatic heterocycles. The number of hydrogen-bond donors (Lipinski definition) is 2. The summed E-state index contributed by atoms with van der Waals surface area (Å²) in [5.41, 5.74) is 1.44. The molecule has 0 aliphatic rings. The van der Waals surface area contributed by atoms with Gasteiger partial charge in [0.2, 0.25) is 5.91 Å². The van der Waals surface area contributed by atoms with Crippen LogP contribution < -0.4 is 10.6 Å². The minimum Gasteiger partial charge on any atom is -0.379 e. The Bertz CT molecular complexity index is 487. The van der Waals surface area contributed by atoms with E-state index in [2.05, 4.69) is 10.6 Å². The van der Waals surface area contributed by atoms with Crippen LogP contribution in [0.15, 0.2) is 18.2 Å². The maximum Gasteiger partial charge on any atom is 0.292 e. The SMILES string of the molecule is Cc1ccc(NCCCNC(=O)C(C)C)c([N+](=O)[O-])c1. The molecule has 1 aromatic rings. The lowest BCUT2D eigenvalue weighted by atomic mass is 10.2. The fraction of sp³-hybridized carbons (Fsp3) is 0.500. The molecule has 6 heteroatoms. The average molecular weight is 279 g/mol. The third-order valence-electron chi connectivity index (χ3n) is 2.84. The molecule has 20 heavy (non-hydrogen) atoms. The first-order valence-corrected chi connectivity index (χ1v) is 6.68. The third-order valence-corrected chi connectivity index (χ3v) is 2.84. The Kier molecular flexibility index (Phi) is 5.96. The van der Waals surface area contributed by atoms with Crippen LogP contribution in [0.3, 0.4) is 0 Å². The maximum absolute atomic E-state index is 11.3. The number of nitrogens with one attached hydrogen (secondary N) is 2. The normalized spacial score (nSPS) is 10.4. The first-order chi connectivity index (χ1) is 9.41. The number of nitro groups is 1. The molecule has 110 valence electrons. The van der Waals surface area contributed by atoms with Crippen molar-refractivity contribution < 1.29 is 9.72 Å². The number of amides is 1. The van der Waals surface area contributed by atoms with E-state index < -0.39 is 4.92 Å². The second kappa shape index (κ2) is 7.47. The molecule has 0 spiro atoms. The number of carbonyl (C=O) groups excluding carboxylic acids is 1. The second-order valence-electron chi connectivity index (χ2n) is 5.00. The predicted molar refractivity (Wildman–Crippen MR) is 78.8 cm³/mol. The third kappa shape index (κ3) is 4.87. The predicted octanol–water partition coefficient (Wildman–Crippen LogP) is 2.48. The van der Waals surface area contributed by atoms with E-state index in [1.165, 1.54) is 0 Å². The van der Waals surface area contributed by atoms with Crippen molar-refractivity contribution in [3.8, 4) is 0 Å². The molecule has 6 nitrogen and oxygen atoms in total. The zero-order valence-electron chi connectivity index (χ0n) is 12.1. The van der Waals surface area contributed by atoms with Gasteiger partial charge in [0.1, 0.15) is 5.69 Å². The van der Waals surface area contributed by atoms with Crippen molar-refractivity contribution >= 4 is 17.3 Å². The summed E-state index contributed by atoms with van der Waals surface area (Å²) < 4.78 is 0. The second-order valence-corrected chi connectivity index (χ2v) is 5.00. The molecule has 0 aliphatic heterocycles. The molecular formula is C14H21N3O3. The van der Waals surface area contributed by atoms with Crippen molar-refractivity contribution in [2.45, 2.75) is 27.2 Å². The van der Waals surface area contributed by atoms with E-state index in [0.717, 1.165) is 5.56 Å². The van der Waals surface area contributed by atoms with Crippen molar-refractivity contribution in [3.63, 3.8) is 0 Å². The van der Waals surface area contributed by atoms with Gasteiger partial charge in [0, 0.05) is 25.1 Å². The minimum atomic E-state index is -0.393. The molecule has 0 unspecified atom stereocenters. The smallest absolute Gasteiger partial charge is 0.292 e. The van der Waals surface area contributed by atoms with Crippen LogP contribution in [-0.2, 0) is 4.79 Å². The monoisotopic (exact) mass is 279 g/mol. The van der Waals surface area contributed by atoms with Gasteiger partial charge in [0.15, 0.2) is 0 Å². The lowest BCUT2D eigenvalue weighted by molar-refractivity contribution is -0.384. The van der Waals surface area contributed by atoms with Gasteiger partial charge in [-0.3, -0.25) is 14.9 Å². The summed E-state index contributed by atoms with van der Waals surface area (Å²) in [6.45, 7) is 6.62. The summed E-state index contributed by atoms with van der Waals surface area (Å²) in [7, 11) is 0. The van der Waals surface area contributed by atoms with Crippen LogP contribution in [0.5, 0.6) is 0 Å². The van der Waals surface area contributed by atoms with E-state index in [4.69, 9.17) is 0 Å². The van der Waals surface area contributed by atoms with Crippen LogP contribution in [0.25, 0.3) is 0 Å². The molecular weight excluding hydrogens is 258 g/mol. The van der Waals surface area contributed by atoms with Crippen molar-refractivity contribution in [1.82, 2.24) is 5.32 Å². The molecule has 1 rings (SSSR count). The molecule has 0 saturated carbocycles. The lowest BCUT2D eigenvalue weighted by Crippen LogP contribution is -2.29. The Morgan fingerprint density at radius 2 is 2.05 bits per heavy atom. The van der Waals surface area contributed by atoms with E-state index in [1.54, 1.807) is 12.1 Å². The molecule has 0 fully saturated rings. The summed E-state index contributed by atoms with van der Waals surface area (Å²) in [4.78, 5) is 21.9. The molecule has 0 atom stereocenters. The van der Waals surface area contributed by atoms with Crippen molar-refractivity contribution in [2.24, 2.45) is 5.92 Å². The average Bonchev–Trinajstić information content (AvgIpc) is 2.39. The van der Waals surface area contributed by atoms with Crippen LogP contribution in [0.4, 0.5) is 11.4 Å². The maximum atomic E-state index is 11.3. The summed E-state index contributed by atoms with van der Waals surface area (Å²) in [5, 5.41) is 16.8. The van der Waals surface area contributed by atoms with Crippen LogP contribution in [0, 0.1) is 23.0 Å². The molecule has 0 saturated heterocycles. The van der Waals surface area contributed by atoms with Gasteiger partial charge in [-0.05, 0) is 25.0 Å². The number of anilines is 1. The highest BCUT2D eigenvalue weighted by Crippen LogP contribution is 2.24. The van der Waals surface area contributed by atoms with Crippen molar-refractivity contribution in [2.75, 3.05) is 18.4 Å². The topological polar surface area (TPSA) is 84.3 Å². The number of carbonyl (C=O) groups is 1. The molecule has 1 aromatic carbocycles. The number of nitrogens with zero attached hydrogens (tertiary/aromatic N) is 1. The van der Waals surface area contributed by atoms with Crippen LogP contribution in [0.1, 0.15) is 25.8 Å². The largest absolute Gasteiger partial charge is 0.379 e. The van der Waals surface area contributed by atoms with Gasteiger partial charge in [-0.25, -0.2) is 0 Å². The van der Waals surface area contributed by atoms with Crippen LogP contribution in [-0.4, -0.2) is 23.9 Å². The summed E-state index contributed by atoms with van der Waals surface area (Å²) >= 11 is 0. The van der Waals surface area contributed by atoms with Crippen molar-refractivity contribution in [1.29, 1.82) is 0 Å². The van der Waals surface area contributed by atoms with Gasteiger partial charge in [0.05, 0.1) is 4.92 Å². The zero-order chi connectivity index (χ0) is 15.1. The van der Waals surface area contributed by atoms with E-state index in [1.807, 2.05) is 26.8 Å². The molecule has 2 N–H and O–H groups in total. The van der Waals surface area contributed by atoms with Gasteiger partial charge in [0.25, 0.3) is 5.69 Å². The molecule has 0 bridgehead atoms. The Morgan fingerprint density at radius 3 is 2.65 bits per heavy atom. The minimum absolute atomic E-state index is 0.0197. The molecule has 0 aliphatic carbocycles.